The van der Waals surface area contributed by atoms with E-state index in [9.17, 15) is 4.79 Å². The molecule has 0 saturated heterocycles. The van der Waals surface area contributed by atoms with Gasteiger partial charge in [-0.1, -0.05) is 42.3 Å². The highest BCUT2D eigenvalue weighted by Crippen LogP contribution is 2.34. The molecular formula is C26H27NO2. The third kappa shape index (κ3) is 3.74. The van der Waals surface area contributed by atoms with E-state index >= 15 is 0 Å². The van der Waals surface area contributed by atoms with E-state index < -0.39 is 0 Å². The second kappa shape index (κ2) is 7.55. The first-order valence-electron chi connectivity index (χ1n) is 10.7. The van der Waals surface area contributed by atoms with Crippen LogP contribution in [0.2, 0.25) is 0 Å². The van der Waals surface area contributed by atoms with Gasteiger partial charge in [-0.25, -0.2) is 0 Å². The summed E-state index contributed by atoms with van der Waals surface area (Å²) in [7, 11) is 0. The van der Waals surface area contributed by atoms with Gasteiger partial charge in [0, 0.05) is 5.69 Å². The van der Waals surface area contributed by atoms with E-state index in [1.165, 1.54) is 35.6 Å². The molecular weight excluding hydrogens is 358 g/mol. The quantitative estimate of drug-likeness (QED) is 0.555. The average Bonchev–Trinajstić information content (AvgIpc) is 3.03. The van der Waals surface area contributed by atoms with Gasteiger partial charge >= 0.3 is 0 Å². The molecule has 1 fully saturated rings. The van der Waals surface area contributed by atoms with Crippen LogP contribution < -0.4 is 9.64 Å². The Morgan fingerprint density at radius 2 is 1.76 bits per heavy atom. The number of benzene rings is 3. The summed E-state index contributed by atoms with van der Waals surface area (Å²) in [6.07, 6.45) is 6.91. The van der Waals surface area contributed by atoms with Gasteiger partial charge in [-0.2, -0.15) is 0 Å². The lowest BCUT2D eigenvalue weighted by atomic mass is 9.98. The maximum atomic E-state index is 12.7. The number of aryl methyl sites for hydroxylation is 1. The third-order valence-electron chi connectivity index (χ3n) is 6.24. The molecule has 0 unspecified atom stereocenters. The van der Waals surface area contributed by atoms with Crippen molar-refractivity contribution >= 4 is 22.4 Å². The lowest BCUT2D eigenvalue weighted by Crippen LogP contribution is -2.25. The fourth-order valence-corrected chi connectivity index (χ4v) is 4.68. The van der Waals surface area contributed by atoms with Crippen molar-refractivity contribution in [2.24, 2.45) is 0 Å². The summed E-state index contributed by atoms with van der Waals surface area (Å²) in [5.74, 6) is 1.07. The molecule has 3 heteroatoms. The molecule has 1 heterocycles. The molecule has 2 aliphatic rings. The van der Waals surface area contributed by atoms with Crippen LogP contribution in [0.4, 0.5) is 5.69 Å². The Bertz CT molecular complexity index is 1070. The Labute approximate surface area is 172 Å². The van der Waals surface area contributed by atoms with Gasteiger partial charge in [0.25, 0.3) is 0 Å². The zero-order valence-electron chi connectivity index (χ0n) is 17.0. The van der Waals surface area contributed by atoms with Crippen LogP contribution in [0.15, 0.2) is 54.6 Å². The highest BCUT2D eigenvalue weighted by Gasteiger charge is 2.28. The number of carbonyl (C=O) groups is 1. The predicted molar refractivity (Wildman–Crippen MR) is 118 cm³/mol. The number of amides is 1. The molecule has 5 rings (SSSR count). The van der Waals surface area contributed by atoms with Gasteiger partial charge in [0.15, 0.2) is 0 Å². The SMILES string of the molecule is Cc1ccc2ccc(CN3C(=O)Cc4cc(OC5CCCCC5)ccc43)cc2c1. The number of ether oxygens (including phenoxy) is 1. The third-order valence-corrected chi connectivity index (χ3v) is 6.24. The molecule has 3 aromatic rings. The maximum Gasteiger partial charge on any atom is 0.231 e. The number of hydrogen-bond acceptors (Lipinski definition) is 2. The average molecular weight is 386 g/mol. The molecule has 1 saturated carbocycles. The van der Waals surface area contributed by atoms with E-state index in [2.05, 4.69) is 55.5 Å². The number of nitrogens with zero attached hydrogens (tertiary/aromatic N) is 1. The van der Waals surface area contributed by atoms with Crippen LogP contribution in [0.3, 0.4) is 0 Å². The van der Waals surface area contributed by atoms with E-state index in [-0.39, 0.29) is 5.91 Å². The molecule has 0 N–H and O–H groups in total. The summed E-state index contributed by atoms with van der Waals surface area (Å²) in [4.78, 5) is 14.7. The highest BCUT2D eigenvalue weighted by atomic mass is 16.5. The highest BCUT2D eigenvalue weighted by molar-refractivity contribution is 6.01. The zero-order valence-corrected chi connectivity index (χ0v) is 17.0. The van der Waals surface area contributed by atoms with Gasteiger partial charge < -0.3 is 9.64 Å². The molecule has 3 nitrogen and oxygen atoms in total. The van der Waals surface area contributed by atoms with Crippen molar-refractivity contribution in [2.75, 3.05) is 4.90 Å². The van der Waals surface area contributed by atoms with Crippen molar-refractivity contribution in [1.29, 1.82) is 0 Å². The Kier molecular flexibility index (Phi) is 4.75. The number of carbonyl (C=O) groups excluding carboxylic acids is 1. The summed E-state index contributed by atoms with van der Waals surface area (Å²) in [6.45, 7) is 2.72. The topological polar surface area (TPSA) is 29.5 Å². The van der Waals surface area contributed by atoms with Crippen molar-refractivity contribution in [2.45, 2.75) is 58.1 Å². The molecule has 0 atom stereocenters. The van der Waals surface area contributed by atoms with Crippen molar-refractivity contribution in [3.63, 3.8) is 0 Å². The van der Waals surface area contributed by atoms with E-state index in [0.29, 0.717) is 19.1 Å². The largest absolute Gasteiger partial charge is 0.490 e. The van der Waals surface area contributed by atoms with E-state index in [0.717, 1.165) is 35.4 Å². The Morgan fingerprint density at radius 1 is 0.931 bits per heavy atom. The van der Waals surface area contributed by atoms with Crippen LogP contribution in [0.5, 0.6) is 5.75 Å². The van der Waals surface area contributed by atoms with Gasteiger partial charge in [0.2, 0.25) is 5.91 Å². The number of hydrogen-bond donors (Lipinski definition) is 0. The van der Waals surface area contributed by atoms with Crippen molar-refractivity contribution in [1.82, 2.24) is 0 Å². The Balaban J connectivity index is 1.36. The van der Waals surface area contributed by atoms with Crippen molar-refractivity contribution in [3.8, 4) is 5.75 Å². The summed E-state index contributed by atoms with van der Waals surface area (Å²) >= 11 is 0. The predicted octanol–water partition coefficient (Wildman–Crippen LogP) is 5.95. The molecule has 0 bridgehead atoms. The van der Waals surface area contributed by atoms with Gasteiger partial charge in [-0.05, 0) is 78.8 Å². The first kappa shape index (κ1) is 18.2. The minimum atomic E-state index is 0.166. The lowest BCUT2D eigenvalue weighted by Gasteiger charge is -2.23. The van der Waals surface area contributed by atoms with Crippen LogP contribution in [0, 0.1) is 6.92 Å². The molecule has 0 radical (unpaired) electrons. The monoisotopic (exact) mass is 385 g/mol. The maximum absolute atomic E-state index is 12.7. The summed E-state index contributed by atoms with van der Waals surface area (Å²) in [5.41, 5.74) is 4.52. The number of anilines is 1. The second-order valence-electron chi connectivity index (χ2n) is 8.51. The molecule has 1 aliphatic heterocycles. The van der Waals surface area contributed by atoms with Crippen LogP contribution >= 0.6 is 0 Å². The summed E-state index contributed by atoms with van der Waals surface area (Å²) in [6, 6.07) is 19.1. The molecule has 3 aromatic carbocycles. The van der Waals surface area contributed by atoms with Crippen molar-refractivity contribution < 1.29 is 9.53 Å². The lowest BCUT2D eigenvalue weighted by molar-refractivity contribution is -0.117. The molecule has 0 aromatic heterocycles. The Hall–Kier alpha value is -2.81. The van der Waals surface area contributed by atoms with Crippen molar-refractivity contribution in [3.05, 3.63) is 71.3 Å². The smallest absolute Gasteiger partial charge is 0.231 e. The summed E-state index contributed by atoms with van der Waals surface area (Å²) < 4.78 is 6.20. The molecule has 148 valence electrons. The second-order valence-corrected chi connectivity index (χ2v) is 8.51. The molecule has 0 spiro atoms. The molecule has 1 aliphatic carbocycles. The summed E-state index contributed by atoms with van der Waals surface area (Å²) in [5, 5.41) is 2.46. The normalized spacial score (nSPS) is 17.0. The standard InChI is InChI=1S/C26H27NO2/c1-18-7-9-20-10-8-19(14-21(20)13-18)17-27-25-12-11-24(15-22(25)16-26(27)28)29-23-5-3-2-4-6-23/h7-15,23H,2-6,16-17H2,1H3. The van der Waals surface area contributed by atoms with Crippen LogP contribution in [-0.2, 0) is 17.8 Å². The zero-order chi connectivity index (χ0) is 19.8. The van der Waals surface area contributed by atoms with Gasteiger partial charge in [0.05, 0.1) is 19.1 Å². The fourth-order valence-electron chi connectivity index (χ4n) is 4.68. The first-order valence-corrected chi connectivity index (χ1v) is 10.7. The minimum Gasteiger partial charge on any atom is -0.490 e. The van der Waals surface area contributed by atoms with Crippen LogP contribution in [0.1, 0.15) is 48.8 Å². The Morgan fingerprint density at radius 3 is 2.62 bits per heavy atom. The number of fused-ring (bicyclic) bond motifs is 2. The fraction of sp³-hybridized carbons (Fsp3) is 0.346. The number of rotatable bonds is 4. The first-order chi connectivity index (χ1) is 14.2. The van der Waals surface area contributed by atoms with Crippen LogP contribution in [-0.4, -0.2) is 12.0 Å². The van der Waals surface area contributed by atoms with E-state index in [1.807, 2.05) is 11.0 Å². The van der Waals surface area contributed by atoms with E-state index in [1.54, 1.807) is 0 Å². The molecule has 1 amide bonds. The van der Waals surface area contributed by atoms with E-state index in [4.69, 9.17) is 4.74 Å². The van der Waals surface area contributed by atoms with Gasteiger partial charge in [-0.15, -0.1) is 0 Å². The minimum absolute atomic E-state index is 0.166. The van der Waals surface area contributed by atoms with Gasteiger partial charge in [0.1, 0.15) is 5.75 Å². The van der Waals surface area contributed by atoms with Gasteiger partial charge in [-0.3, -0.25) is 4.79 Å². The molecule has 29 heavy (non-hydrogen) atoms. The van der Waals surface area contributed by atoms with Crippen LogP contribution in [0.25, 0.3) is 10.8 Å².